The van der Waals surface area contributed by atoms with E-state index in [1.54, 1.807) is 18.5 Å². The summed E-state index contributed by atoms with van der Waals surface area (Å²) in [5.74, 6) is 0.0487. The van der Waals surface area contributed by atoms with Gasteiger partial charge in [0.25, 0.3) is 5.91 Å². The van der Waals surface area contributed by atoms with E-state index in [4.69, 9.17) is 4.74 Å². The summed E-state index contributed by atoms with van der Waals surface area (Å²) in [6, 6.07) is 12.3. The topological polar surface area (TPSA) is 99.3 Å². The fraction of sp³-hybridized carbons (Fsp3) is 0.261. The first-order chi connectivity index (χ1) is 15.0. The molecule has 0 saturated heterocycles. The Hall–Kier alpha value is -3.65. The Bertz CT molecular complexity index is 1080. The summed E-state index contributed by atoms with van der Waals surface area (Å²) in [7, 11) is 3.94. The van der Waals surface area contributed by atoms with Crippen LogP contribution in [0.25, 0.3) is 11.1 Å². The van der Waals surface area contributed by atoms with Crippen molar-refractivity contribution in [3.8, 4) is 16.9 Å². The summed E-state index contributed by atoms with van der Waals surface area (Å²) in [4.78, 5) is 27.4. The quantitative estimate of drug-likeness (QED) is 0.546. The smallest absolute Gasteiger partial charge is 0.252 e. The van der Waals surface area contributed by atoms with Gasteiger partial charge >= 0.3 is 0 Å². The highest BCUT2D eigenvalue weighted by molar-refractivity contribution is 6.04. The molecule has 31 heavy (non-hydrogen) atoms. The molecule has 0 fully saturated rings. The molecule has 2 aromatic carbocycles. The monoisotopic (exact) mass is 419 g/mol. The van der Waals surface area contributed by atoms with E-state index < -0.39 is 6.04 Å². The molecule has 0 aliphatic carbocycles. The van der Waals surface area contributed by atoms with E-state index in [0.29, 0.717) is 30.0 Å². The molecule has 1 aliphatic rings. The van der Waals surface area contributed by atoms with Gasteiger partial charge in [-0.3, -0.25) is 14.7 Å². The van der Waals surface area contributed by atoms with Crippen LogP contribution in [0.1, 0.15) is 15.9 Å². The van der Waals surface area contributed by atoms with Crippen LogP contribution in [0.5, 0.6) is 5.75 Å². The van der Waals surface area contributed by atoms with Gasteiger partial charge in [0, 0.05) is 30.3 Å². The molecule has 1 aliphatic heterocycles. The Morgan fingerprint density at radius 3 is 2.84 bits per heavy atom. The number of anilines is 1. The number of amides is 2. The van der Waals surface area contributed by atoms with Crippen molar-refractivity contribution < 1.29 is 14.3 Å². The Morgan fingerprint density at radius 2 is 2.06 bits per heavy atom. The highest BCUT2D eigenvalue weighted by Gasteiger charge is 2.29. The second-order valence-electron chi connectivity index (χ2n) is 7.73. The van der Waals surface area contributed by atoms with E-state index in [2.05, 4.69) is 20.8 Å². The van der Waals surface area contributed by atoms with Crippen LogP contribution in [0, 0.1) is 0 Å². The Balaban J connectivity index is 1.54. The second-order valence-corrected chi connectivity index (χ2v) is 7.73. The SMILES string of the molecule is CN(C)CCOc1cc(-c2cn[nH]c2)ccc1NC(=O)[C@@H]1Cc2ccccc2C(=O)N1. The van der Waals surface area contributed by atoms with E-state index in [1.165, 1.54) is 0 Å². The Labute approximate surface area is 180 Å². The molecule has 0 spiro atoms. The van der Waals surface area contributed by atoms with Gasteiger partial charge in [-0.25, -0.2) is 0 Å². The van der Waals surface area contributed by atoms with Crippen LogP contribution >= 0.6 is 0 Å². The zero-order valence-corrected chi connectivity index (χ0v) is 17.5. The number of hydrogen-bond donors (Lipinski definition) is 3. The predicted molar refractivity (Wildman–Crippen MR) is 118 cm³/mol. The number of hydrogen-bond acceptors (Lipinski definition) is 5. The number of benzene rings is 2. The highest BCUT2D eigenvalue weighted by Crippen LogP contribution is 2.31. The third kappa shape index (κ3) is 4.75. The molecule has 1 aromatic heterocycles. The molecule has 0 unspecified atom stereocenters. The molecule has 3 N–H and O–H groups in total. The van der Waals surface area contributed by atoms with Crippen molar-refractivity contribution in [2.24, 2.45) is 0 Å². The van der Waals surface area contributed by atoms with E-state index >= 15 is 0 Å². The average molecular weight is 419 g/mol. The molecule has 8 nitrogen and oxygen atoms in total. The minimum atomic E-state index is -0.648. The van der Waals surface area contributed by atoms with Gasteiger partial charge in [-0.15, -0.1) is 0 Å². The van der Waals surface area contributed by atoms with Crippen molar-refractivity contribution >= 4 is 17.5 Å². The number of H-pyrrole nitrogens is 1. The lowest BCUT2D eigenvalue weighted by Crippen LogP contribution is -2.48. The Kier molecular flexibility index (Phi) is 5.99. The Morgan fingerprint density at radius 1 is 1.23 bits per heavy atom. The van der Waals surface area contributed by atoms with Crippen LogP contribution in [0.4, 0.5) is 5.69 Å². The van der Waals surface area contributed by atoms with Crippen LogP contribution in [0.3, 0.4) is 0 Å². The van der Waals surface area contributed by atoms with Crippen LogP contribution in [0.15, 0.2) is 54.9 Å². The number of carbonyl (C=O) groups excluding carboxylic acids is 2. The molecule has 8 heteroatoms. The maximum Gasteiger partial charge on any atom is 0.252 e. The van der Waals surface area contributed by atoms with Gasteiger partial charge in [-0.1, -0.05) is 24.3 Å². The average Bonchev–Trinajstić information content (AvgIpc) is 3.29. The summed E-state index contributed by atoms with van der Waals surface area (Å²) in [6.07, 6.45) is 3.97. The summed E-state index contributed by atoms with van der Waals surface area (Å²) in [5, 5.41) is 12.5. The summed E-state index contributed by atoms with van der Waals surface area (Å²) in [5.41, 5.74) is 3.88. The summed E-state index contributed by atoms with van der Waals surface area (Å²) < 4.78 is 5.98. The minimum Gasteiger partial charge on any atom is -0.490 e. The normalized spacial score (nSPS) is 15.3. The van der Waals surface area contributed by atoms with Crippen molar-refractivity contribution in [2.75, 3.05) is 32.6 Å². The van der Waals surface area contributed by atoms with Gasteiger partial charge in [0.1, 0.15) is 18.4 Å². The first kappa shape index (κ1) is 20.6. The standard InChI is InChI=1S/C23H25N5O3/c1-28(2)9-10-31-21-12-15(17-13-24-25-14-17)7-8-19(21)26-23(30)20-11-16-5-3-4-6-18(16)22(29)27-20/h3-8,12-14,20H,9-11H2,1-2H3,(H,24,25)(H,26,30)(H,27,29)/t20-/m0/s1. The fourth-order valence-corrected chi connectivity index (χ4v) is 3.48. The largest absolute Gasteiger partial charge is 0.490 e. The lowest BCUT2D eigenvalue weighted by Gasteiger charge is -2.25. The fourth-order valence-electron chi connectivity index (χ4n) is 3.48. The van der Waals surface area contributed by atoms with E-state index in [-0.39, 0.29) is 11.8 Å². The molecule has 4 rings (SSSR count). The molecule has 0 saturated carbocycles. The van der Waals surface area contributed by atoms with Crippen molar-refractivity contribution in [1.29, 1.82) is 0 Å². The van der Waals surface area contributed by atoms with E-state index in [9.17, 15) is 9.59 Å². The number of nitrogens with one attached hydrogen (secondary N) is 3. The van der Waals surface area contributed by atoms with Crippen LogP contribution in [0.2, 0.25) is 0 Å². The predicted octanol–water partition coefficient (Wildman–Crippen LogP) is 2.31. The molecule has 3 aromatic rings. The van der Waals surface area contributed by atoms with Gasteiger partial charge in [0.05, 0.1) is 11.9 Å². The highest BCUT2D eigenvalue weighted by atomic mass is 16.5. The van der Waals surface area contributed by atoms with Gasteiger partial charge in [-0.05, 0) is 43.4 Å². The molecule has 2 amide bonds. The number of ether oxygens (including phenoxy) is 1. The van der Waals surface area contributed by atoms with Crippen molar-refractivity contribution in [1.82, 2.24) is 20.4 Å². The summed E-state index contributed by atoms with van der Waals surface area (Å²) in [6.45, 7) is 1.21. The number of aromatic amines is 1. The van der Waals surface area contributed by atoms with E-state index in [1.807, 2.05) is 55.4 Å². The number of fused-ring (bicyclic) bond motifs is 1. The molecule has 160 valence electrons. The molecular weight excluding hydrogens is 394 g/mol. The molecule has 2 heterocycles. The third-order valence-corrected chi connectivity index (χ3v) is 5.17. The van der Waals surface area contributed by atoms with Gasteiger partial charge < -0.3 is 20.3 Å². The molecule has 0 bridgehead atoms. The summed E-state index contributed by atoms with van der Waals surface area (Å²) >= 11 is 0. The van der Waals surface area contributed by atoms with Crippen molar-refractivity contribution in [2.45, 2.75) is 12.5 Å². The third-order valence-electron chi connectivity index (χ3n) is 5.17. The number of nitrogens with zero attached hydrogens (tertiary/aromatic N) is 2. The van der Waals surface area contributed by atoms with Crippen molar-refractivity contribution in [3.63, 3.8) is 0 Å². The zero-order chi connectivity index (χ0) is 21.8. The maximum absolute atomic E-state index is 13.0. The second kappa shape index (κ2) is 9.01. The first-order valence-electron chi connectivity index (χ1n) is 10.1. The maximum atomic E-state index is 13.0. The number of rotatable bonds is 7. The lowest BCUT2D eigenvalue weighted by atomic mass is 9.95. The van der Waals surface area contributed by atoms with Crippen LogP contribution in [-0.4, -0.2) is 60.2 Å². The zero-order valence-electron chi connectivity index (χ0n) is 17.5. The first-order valence-corrected chi connectivity index (χ1v) is 10.1. The van der Waals surface area contributed by atoms with Crippen LogP contribution < -0.4 is 15.4 Å². The minimum absolute atomic E-state index is 0.236. The molecule has 1 atom stereocenters. The van der Waals surface area contributed by atoms with Gasteiger partial charge in [0.2, 0.25) is 5.91 Å². The van der Waals surface area contributed by atoms with Crippen LogP contribution in [-0.2, 0) is 11.2 Å². The van der Waals surface area contributed by atoms with E-state index in [0.717, 1.165) is 23.2 Å². The molecule has 0 radical (unpaired) electrons. The number of aromatic nitrogens is 2. The van der Waals surface area contributed by atoms with Crippen molar-refractivity contribution in [3.05, 3.63) is 66.0 Å². The molecular formula is C23H25N5O3. The number of carbonyl (C=O) groups is 2. The lowest BCUT2D eigenvalue weighted by molar-refractivity contribution is -0.118. The van der Waals surface area contributed by atoms with Gasteiger partial charge in [0.15, 0.2) is 0 Å². The number of likely N-dealkylation sites (N-methyl/N-ethyl adjacent to an activating group) is 1. The van der Waals surface area contributed by atoms with Gasteiger partial charge in [-0.2, -0.15) is 5.10 Å².